The van der Waals surface area contributed by atoms with Gasteiger partial charge in [0.05, 0.1) is 19.8 Å². The molecule has 192 valence electrons. The van der Waals surface area contributed by atoms with Crippen molar-refractivity contribution in [3.8, 4) is 0 Å². The molecule has 2 saturated heterocycles. The molecule has 11 nitrogen and oxygen atoms in total. The van der Waals surface area contributed by atoms with E-state index in [4.69, 9.17) is 46.9 Å². The molecule has 3 rings (SSSR count). The van der Waals surface area contributed by atoms with Gasteiger partial charge in [-0.05, 0) is 12.1 Å². The van der Waals surface area contributed by atoms with Gasteiger partial charge in [-0.1, -0.05) is 30.0 Å². The highest BCUT2D eigenvalue weighted by atomic mass is 35.5. The summed E-state index contributed by atoms with van der Waals surface area (Å²) in [6.45, 7) is -0.800. The maximum absolute atomic E-state index is 13.1. The van der Waals surface area contributed by atoms with E-state index in [0.29, 0.717) is 4.90 Å². The average Bonchev–Trinajstić information content (AvgIpc) is 3.24. The molecule has 0 spiro atoms. The molecule has 2 aliphatic rings. The van der Waals surface area contributed by atoms with Crippen LogP contribution in [0.2, 0.25) is 0 Å². The molecular weight excluding hydrogens is 529 g/mol. The first-order chi connectivity index (χ1) is 16.8. The minimum atomic E-state index is -1.75. The molecule has 0 unspecified atom stereocenters. The van der Waals surface area contributed by atoms with Crippen molar-refractivity contribution in [2.45, 2.75) is 46.7 Å². The number of hydrogen-bond acceptors (Lipinski definition) is 11. The van der Waals surface area contributed by atoms with Crippen LogP contribution >= 0.6 is 35.0 Å². The molecule has 2 aliphatic heterocycles. The van der Waals surface area contributed by atoms with Crippen LogP contribution in [0.25, 0.3) is 0 Å². The molecule has 14 heteroatoms. The molecule has 0 radical (unpaired) electrons. The predicted molar refractivity (Wildman–Crippen MR) is 122 cm³/mol. The van der Waals surface area contributed by atoms with Crippen molar-refractivity contribution in [1.82, 2.24) is 5.32 Å². The minimum Gasteiger partial charge on any atom is -0.466 e. The Hall–Kier alpha value is -2.25. The zero-order valence-corrected chi connectivity index (χ0v) is 20.7. The van der Waals surface area contributed by atoms with Crippen molar-refractivity contribution in [2.24, 2.45) is 0 Å². The molecule has 1 aromatic rings. The maximum atomic E-state index is 13.1. The molecule has 2 N–H and O–H groups in total. The van der Waals surface area contributed by atoms with Crippen LogP contribution in [0.3, 0.4) is 0 Å². The number of methoxy groups -OCH3 is 1. The smallest absolute Gasteiger partial charge is 0.407 e. The van der Waals surface area contributed by atoms with Crippen LogP contribution in [0.4, 0.5) is 4.79 Å². The monoisotopic (exact) mass is 551 g/mol. The second-order valence-electron chi connectivity index (χ2n) is 7.49. The summed E-state index contributed by atoms with van der Waals surface area (Å²) in [5.41, 5.74) is 0. The number of carbonyl (C=O) groups excluding carboxylic acids is 4. The van der Waals surface area contributed by atoms with E-state index in [-0.39, 0.29) is 6.42 Å². The maximum Gasteiger partial charge on any atom is 0.407 e. The number of alkyl carbamates (subject to hydrolysis) is 1. The fraction of sp³-hybridized carbons (Fsp3) is 0.524. The first kappa shape index (κ1) is 27.3. The molecule has 0 saturated carbocycles. The Morgan fingerprint density at radius 2 is 1.86 bits per heavy atom. The summed E-state index contributed by atoms with van der Waals surface area (Å²) < 4.78 is 27.2. The Morgan fingerprint density at radius 3 is 2.46 bits per heavy atom. The molecule has 35 heavy (non-hydrogen) atoms. The number of fused-ring (bicyclic) bond motifs is 1. The molecule has 0 aromatic heterocycles. The highest BCUT2D eigenvalue weighted by Gasteiger charge is 2.60. The number of alkyl halides is 2. The highest BCUT2D eigenvalue weighted by Crippen LogP contribution is 2.46. The number of nitrogens with one attached hydrogen (secondary N) is 1. The van der Waals surface area contributed by atoms with Crippen molar-refractivity contribution in [1.29, 1.82) is 0 Å². The third kappa shape index (κ3) is 6.31. The fourth-order valence-electron chi connectivity index (χ4n) is 3.83. The zero-order chi connectivity index (χ0) is 25.6. The number of hydrogen-bond donors (Lipinski definition) is 2. The Kier molecular flexibility index (Phi) is 9.47. The zero-order valence-electron chi connectivity index (χ0n) is 18.4. The second kappa shape index (κ2) is 12.1. The summed E-state index contributed by atoms with van der Waals surface area (Å²) in [6, 6.07) is 7.84. The molecular formula is C21H23Cl2NO10S. The van der Waals surface area contributed by atoms with E-state index >= 15 is 0 Å². The molecule has 2 fully saturated rings. The van der Waals surface area contributed by atoms with Gasteiger partial charge >= 0.3 is 24.0 Å². The number of benzene rings is 1. The van der Waals surface area contributed by atoms with E-state index in [0.717, 1.165) is 11.8 Å². The Bertz CT molecular complexity index is 938. The van der Waals surface area contributed by atoms with Gasteiger partial charge in [0.15, 0.2) is 12.2 Å². The number of rotatable bonds is 10. The van der Waals surface area contributed by atoms with Crippen LogP contribution in [-0.2, 0) is 38.1 Å². The number of amides is 1. The SMILES string of the molecule is COC(=O)[C@@]1(Sc2ccccc2)C[C@@H]2OC(=O)N[C@H]2[C@H]([C@H](OC(=O)CCl)[C@@H](CO)OC(=O)CCl)O1. The minimum absolute atomic E-state index is 0.111. The molecule has 6 atom stereocenters. The van der Waals surface area contributed by atoms with Gasteiger partial charge in [0.1, 0.15) is 24.0 Å². The topological polar surface area (TPSA) is 147 Å². The van der Waals surface area contributed by atoms with Gasteiger partial charge in [-0.2, -0.15) is 0 Å². The predicted octanol–water partition coefficient (Wildman–Crippen LogP) is 1.21. The summed E-state index contributed by atoms with van der Waals surface area (Å²) in [5, 5.41) is 12.5. The lowest BCUT2D eigenvalue weighted by Crippen LogP contribution is -2.64. The Morgan fingerprint density at radius 1 is 1.20 bits per heavy atom. The first-order valence-corrected chi connectivity index (χ1v) is 12.2. The third-order valence-electron chi connectivity index (χ3n) is 5.25. The standard InChI is InChI=1S/C21H23Cl2NO10S/c1-30-19(28)21(35-11-5-3-2-4-6-11)7-12-16(24-20(29)32-12)18(34-21)17(33-15(27)9-23)13(10-25)31-14(26)8-22/h2-6,12-13,16-18,25H,7-10H2,1H3,(H,24,29)/t12-,13+,16+,17+,18+,21-/m0/s1. The lowest BCUT2D eigenvalue weighted by molar-refractivity contribution is -0.213. The van der Waals surface area contributed by atoms with Crippen LogP contribution in [0.15, 0.2) is 35.2 Å². The van der Waals surface area contributed by atoms with E-state index in [1.165, 1.54) is 7.11 Å². The van der Waals surface area contributed by atoms with Crippen LogP contribution in [0.5, 0.6) is 0 Å². The Balaban J connectivity index is 2.06. The van der Waals surface area contributed by atoms with Crippen molar-refractivity contribution in [3.63, 3.8) is 0 Å². The summed E-state index contributed by atoms with van der Waals surface area (Å²) in [4.78, 5) is 48.1. The third-order valence-corrected chi connectivity index (χ3v) is 6.96. The molecule has 1 amide bonds. The number of aliphatic hydroxyl groups excluding tert-OH is 1. The molecule has 0 bridgehead atoms. The van der Waals surface area contributed by atoms with Crippen molar-refractivity contribution >= 4 is 59.0 Å². The average molecular weight is 552 g/mol. The number of thioether (sulfide) groups is 1. The Labute approximate surface area is 214 Å². The van der Waals surface area contributed by atoms with Crippen LogP contribution < -0.4 is 5.32 Å². The van der Waals surface area contributed by atoms with Gasteiger partial charge in [-0.3, -0.25) is 9.59 Å². The van der Waals surface area contributed by atoms with Crippen molar-refractivity contribution in [2.75, 3.05) is 25.5 Å². The second-order valence-corrected chi connectivity index (χ2v) is 9.36. The molecule has 0 aliphatic carbocycles. The van der Waals surface area contributed by atoms with E-state index in [2.05, 4.69) is 5.32 Å². The van der Waals surface area contributed by atoms with Crippen LogP contribution in [0, 0.1) is 0 Å². The number of aliphatic hydroxyl groups is 1. The number of carbonyl (C=O) groups is 4. The van der Waals surface area contributed by atoms with Gasteiger partial charge in [-0.25, -0.2) is 9.59 Å². The fourth-order valence-corrected chi connectivity index (χ4v) is 5.21. The van der Waals surface area contributed by atoms with E-state index < -0.39 is 77.8 Å². The number of esters is 3. The largest absolute Gasteiger partial charge is 0.466 e. The number of ether oxygens (including phenoxy) is 5. The van der Waals surface area contributed by atoms with Gasteiger partial charge < -0.3 is 34.1 Å². The molecule has 1 aromatic carbocycles. The van der Waals surface area contributed by atoms with Gasteiger partial charge in [0.2, 0.25) is 4.93 Å². The van der Waals surface area contributed by atoms with Crippen molar-refractivity contribution < 1.29 is 48.0 Å². The lowest BCUT2D eigenvalue weighted by atomic mass is 9.90. The van der Waals surface area contributed by atoms with Crippen molar-refractivity contribution in [3.05, 3.63) is 30.3 Å². The first-order valence-electron chi connectivity index (χ1n) is 10.4. The van der Waals surface area contributed by atoms with Crippen LogP contribution in [-0.4, -0.2) is 90.0 Å². The summed E-state index contributed by atoms with van der Waals surface area (Å²) in [5.74, 6) is -3.73. The quantitative estimate of drug-likeness (QED) is 0.245. The normalized spacial score (nSPS) is 27.0. The summed E-state index contributed by atoms with van der Waals surface area (Å²) in [7, 11) is 1.17. The molecule has 2 heterocycles. The van der Waals surface area contributed by atoms with Gasteiger partial charge in [0.25, 0.3) is 0 Å². The van der Waals surface area contributed by atoms with Gasteiger partial charge in [-0.15, -0.1) is 23.2 Å². The van der Waals surface area contributed by atoms with Crippen LogP contribution in [0.1, 0.15) is 6.42 Å². The van der Waals surface area contributed by atoms with Gasteiger partial charge in [0, 0.05) is 11.3 Å². The van der Waals surface area contributed by atoms with E-state index in [1.807, 2.05) is 0 Å². The number of halogens is 2. The summed E-state index contributed by atoms with van der Waals surface area (Å²) in [6.07, 6.45) is -6.12. The lowest BCUT2D eigenvalue weighted by Gasteiger charge is -2.45. The van der Waals surface area contributed by atoms with E-state index in [9.17, 15) is 24.3 Å². The highest BCUT2D eigenvalue weighted by molar-refractivity contribution is 8.01. The summed E-state index contributed by atoms with van der Waals surface area (Å²) >= 11 is 12.1. The van der Waals surface area contributed by atoms with E-state index in [1.54, 1.807) is 30.3 Å².